The van der Waals surface area contributed by atoms with Gasteiger partial charge in [-0.15, -0.1) is 0 Å². The molecule has 3 nitrogen and oxygen atoms in total. The Labute approximate surface area is 92.9 Å². The van der Waals surface area contributed by atoms with Gasteiger partial charge >= 0.3 is 0 Å². The first-order chi connectivity index (χ1) is 7.18. The summed E-state index contributed by atoms with van der Waals surface area (Å²) in [6.45, 7) is 3.89. The van der Waals surface area contributed by atoms with E-state index in [-0.39, 0.29) is 5.41 Å². The topological polar surface area (TPSA) is 59.1 Å². The minimum Gasteiger partial charge on any atom is -0.388 e. The molecule has 0 aromatic heterocycles. The number of ether oxygens (including phenoxy) is 1. The van der Waals surface area contributed by atoms with Gasteiger partial charge in [-0.05, 0) is 19.3 Å². The van der Waals surface area contributed by atoms with Gasteiger partial charge in [-0.2, -0.15) is 0 Å². The zero-order valence-electron chi connectivity index (χ0n) is 9.85. The molecule has 0 aromatic carbocycles. The van der Waals surface area contributed by atoms with Crippen LogP contribution >= 0.6 is 0 Å². The van der Waals surface area contributed by atoms with Gasteiger partial charge < -0.3 is 10.5 Å². The Morgan fingerprint density at radius 3 is 2.60 bits per heavy atom. The van der Waals surface area contributed by atoms with Crippen LogP contribution in [0, 0.1) is 10.8 Å². The van der Waals surface area contributed by atoms with Crippen molar-refractivity contribution in [1.82, 2.24) is 0 Å². The molecule has 0 atom stereocenters. The summed E-state index contributed by atoms with van der Waals surface area (Å²) in [4.78, 5) is 0. The summed E-state index contributed by atoms with van der Waals surface area (Å²) in [6, 6.07) is 0. The standard InChI is InChI=1S/C12H24N2O/c1-2-3-4-5-8-15-10-12(6-7-12)9-11(13)14/h2-10H2,1H3,(H3,13,14). The first-order valence-corrected chi connectivity index (χ1v) is 6.09. The van der Waals surface area contributed by atoms with Crippen LogP contribution in [-0.2, 0) is 4.74 Å². The Kier molecular flexibility index (Phi) is 5.09. The van der Waals surface area contributed by atoms with Crippen LogP contribution in [0.2, 0.25) is 0 Å². The van der Waals surface area contributed by atoms with Crippen molar-refractivity contribution in [3.63, 3.8) is 0 Å². The monoisotopic (exact) mass is 212 g/mol. The maximum atomic E-state index is 7.28. The SMILES string of the molecule is CCCCCCOCC1(CC(=N)N)CC1. The number of rotatable bonds is 9. The van der Waals surface area contributed by atoms with E-state index in [1.54, 1.807) is 0 Å². The normalized spacial score (nSPS) is 17.7. The van der Waals surface area contributed by atoms with Crippen molar-refractivity contribution >= 4 is 5.84 Å². The van der Waals surface area contributed by atoms with E-state index in [9.17, 15) is 0 Å². The second-order valence-electron chi connectivity index (χ2n) is 4.82. The summed E-state index contributed by atoms with van der Waals surface area (Å²) >= 11 is 0. The molecule has 1 fully saturated rings. The van der Waals surface area contributed by atoms with Gasteiger partial charge in [-0.25, -0.2) is 0 Å². The van der Waals surface area contributed by atoms with Gasteiger partial charge in [-0.1, -0.05) is 26.2 Å². The minimum atomic E-state index is 0.247. The molecule has 0 aliphatic heterocycles. The molecule has 1 saturated carbocycles. The molecule has 0 unspecified atom stereocenters. The summed E-state index contributed by atoms with van der Waals surface area (Å²) in [5, 5.41) is 7.28. The van der Waals surface area contributed by atoms with Gasteiger partial charge in [0.2, 0.25) is 0 Å². The molecule has 3 heteroatoms. The maximum Gasteiger partial charge on any atom is 0.0911 e. The van der Waals surface area contributed by atoms with Crippen molar-refractivity contribution in [2.24, 2.45) is 11.1 Å². The summed E-state index contributed by atoms with van der Waals surface area (Å²) < 4.78 is 5.66. The van der Waals surface area contributed by atoms with E-state index in [2.05, 4.69) is 6.92 Å². The van der Waals surface area contributed by atoms with Crippen molar-refractivity contribution in [2.45, 2.75) is 51.9 Å². The van der Waals surface area contributed by atoms with Crippen LogP contribution in [-0.4, -0.2) is 19.0 Å². The molecule has 1 rings (SSSR count). The lowest BCUT2D eigenvalue weighted by molar-refractivity contribution is 0.0893. The lowest BCUT2D eigenvalue weighted by Gasteiger charge is -2.14. The van der Waals surface area contributed by atoms with E-state index >= 15 is 0 Å². The first kappa shape index (κ1) is 12.5. The van der Waals surface area contributed by atoms with E-state index in [0.717, 1.165) is 19.6 Å². The van der Waals surface area contributed by atoms with Gasteiger partial charge in [0, 0.05) is 18.4 Å². The second kappa shape index (κ2) is 6.11. The van der Waals surface area contributed by atoms with E-state index in [4.69, 9.17) is 15.9 Å². The van der Waals surface area contributed by atoms with Gasteiger partial charge in [0.1, 0.15) is 0 Å². The third-order valence-corrected chi connectivity index (χ3v) is 3.07. The summed E-state index contributed by atoms with van der Waals surface area (Å²) in [5.74, 6) is 0.307. The molecule has 88 valence electrons. The Morgan fingerprint density at radius 1 is 1.33 bits per heavy atom. The zero-order chi connectivity index (χ0) is 11.1. The molecule has 0 radical (unpaired) electrons. The van der Waals surface area contributed by atoms with Gasteiger partial charge in [0.05, 0.1) is 12.4 Å². The third-order valence-electron chi connectivity index (χ3n) is 3.07. The molecule has 1 aliphatic carbocycles. The molecule has 0 saturated heterocycles. The molecule has 3 N–H and O–H groups in total. The van der Waals surface area contributed by atoms with Crippen LogP contribution in [0.3, 0.4) is 0 Å². The molecule has 15 heavy (non-hydrogen) atoms. The predicted octanol–water partition coefficient (Wildman–Crippen LogP) is 2.69. The summed E-state index contributed by atoms with van der Waals surface area (Å²) in [6.07, 6.45) is 8.11. The highest BCUT2D eigenvalue weighted by Crippen LogP contribution is 2.48. The number of hydrogen-bond acceptors (Lipinski definition) is 2. The average Bonchev–Trinajstić information content (AvgIpc) is 2.91. The van der Waals surface area contributed by atoms with Crippen LogP contribution in [0.5, 0.6) is 0 Å². The molecule has 0 spiro atoms. The minimum absolute atomic E-state index is 0.247. The van der Waals surface area contributed by atoms with E-state index in [1.165, 1.54) is 38.5 Å². The smallest absolute Gasteiger partial charge is 0.0911 e. The average molecular weight is 212 g/mol. The number of nitrogens with one attached hydrogen (secondary N) is 1. The fraction of sp³-hybridized carbons (Fsp3) is 0.917. The predicted molar refractivity (Wildman–Crippen MR) is 63.2 cm³/mol. The van der Waals surface area contributed by atoms with Crippen LogP contribution in [0.25, 0.3) is 0 Å². The Hall–Kier alpha value is -0.570. The fourth-order valence-electron chi connectivity index (χ4n) is 1.87. The van der Waals surface area contributed by atoms with Crippen molar-refractivity contribution in [3.8, 4) is 0 Å². The zero-order valence-corrected chi connectivity index (χ0v) is 9.85. The molecular weight excluding hydrogens is 188 g/mol. The quantitative estimate of drug-likeness (QED) is 0.351. The second-order valence-corrected chi connectivity index (χ2v) is 4.82. The van der Waals surface area contributed by atoms with Crippen molar-refractivity contribution in [3.05, 3.63) is 0 Å². The number of unbranched alkanes of at least 4 members (excludes halogenated alkanes) is 3. The molecule has 0 heterocycles. The van der Waals surface area contributed by atoms with E-state index in [1.807, 2.05) is 0 Å². The van der Waals surface area contributed by atoms with Crippen molar-refractivity contribution < 1.29 is 4.74 Å². The molecule has 1 aliphatic rings. The number of nitrogens with two attached hydrogens (primary N) is 1. The van der Waals surface area contributed by atoms with E-state index in [0.29, 0.717) is 5.84 Å². The molecular formula is C12H24N2O. The number of hydrogen-bond donors (Lipinski definition) is 2. The van der Waals surface area contributed by atoms with E-state index < -0.39 is 0 Å². The highest BCUT2D eigenvalue weighted by molar-refractivity contribution is 5.78. The van der Waals surface area contributed by atoms with Crippen LogP contribution in [0.4, 0.5) is 0 Å². The Morgan fingerprint density at radius 2 is 2.07 bits per heavy atom. The van der Waals surface area contributed by atoms with Crippen LogP contribution < -0.4 is 5.73 Å². The lowest BCUT2D eigenvalue weighted by atomic mass is 10.0. The maximum absolute atomic E-state index is 7.28. The lowest BCUT2D eigenvalue weighted by Crippen LogP contribution is -2.20. The largest absolute Gasteiger partial charge is 0.388 e. The first-order valence-electron chi connectivity index (χ1n) is 6.09. The summed E-state index contributed by atoms with van der Waals surface area (Å²) in [7, 11) is 0. The van der Waals surface area contributed by atoms with Crippen LogP contribution in [0.15, 0.2) is 0 Å². The molecule has 0 aromatic rings. The highest BCUT2D eigenvalue weighted by atomic mass is 16.5. The van der Waals surface area contributed by atoms with Gasteiger partial charge in [-0.3, -0.25) is 5.41 Å². The van der Waals surface area contributed by atoms with Gasteiger partial charge in [0.25, 0.3) is 0 Å². The van der Waals surface area contributed by atoms with Crippen molar-refractivity contribution in [2.75, 3.05) is 13.2 Å². The molecule has 0 bridgehead atoms. The van der Waals surface area contributed by atoms with Crippen LogP contribution in [0.1, 0.15) is 51.9 Å². The number of amidine groups is 1. The Bertz CT molecular complexity index is 200. The third kappa shape index (κ3) is 5.17. The molecule has 0 amide bonds. The Balaban J connectivity index is 1.97. The van der Waals surface area contributed by atoms with Gasteiger partial charge in [0.15, 0.2) is 0 Å². The fourth-order valence-corrected chi connectivity index (χ4v) is 1.87. The van der Waals surface area contributed by atoms with Crippen molar-refractivity contribution in [1.29, 1.82) is 5.41 Å². The summed E-state index contributed by atoms with van der Waals surface area (Å²) in [5.41, 5.74) is 5.66. The highest BCUT2D eigenvalue weighted by Gasteiger charge is 2.43.